The number of hydrogen-bond donors (Lipinski definition) is 1. The molecule has 1 aromatic carbocycles. The summed E-state index contributed by atoms with van der Waals surface area (Å²) in [7, 11) is 0. The Hall–Kier alpha value is -3.23. The van der Waals surface area contributed by atoms with E-state index < -0.39 is 16.3 Å². The molecule has 0 radical (unpaired) electrons. The highest BCUT2D eigenvalue weighted by Gasteiger charge is 2.43. The number of carboxylic acids is 1. The average molecular weight is 358 g/mol. The van der Waals surface area contributed by atoms with Gasteiger partial charge in [-0.25, -0.2) is 0 Å². The fourth-order valence-corrected chi connectivity index (χ4v) is 3.30. The normalized spacial score (nSPS) is 16.2. The smallest absolute Gasteiger partial charge is 0.389 e. The SMILES string of the molecule is O=C(Cn1ccc([N+](=O)[O-])n1)N1CCC(C(=O)O)(c2ccccc2)CC1. The van der Waals surface area contributed by atoms with Gasteiger partial charge < -0.3 is 20.1 Å². The predicted molar refractivity (Wildman–Crippen MR) is 90.5 cm³/mol. The summed E-state index contributed by atoms with van der Waals surface area (Å²) >= 11 is 0. The third-order valence-corrected chi connectivity index (χ3v) is 4.82. The molecule has 0 bridgehead atoms. The van der Waals surface area contributed by atoms with Crippen molar-refractivity contribution in [3.05, 3.63) is 58.3 Å². The van der Waals surface area contributed by atoms with Crippen LogP contribution in [0.1, 0.15) is 18.4 Å². The number of hydrogen-bond acceptors (Lipinski definition) is 5. The monoisotopic (exact) mass is 358 g/mol. The molecule has 1 N–H and O–H groups in total. The lowest BCUT2D eigenvalue weighted by Gasteiger charge is -2.39. The number of aromatic nitrogens is 2. The molecule has 136 valence electrons. The number of likely N-dealkylation sites (tertiary alicyclic amines) is 1. The molecular weight excluding hydrogens is 340 g/mol. The number of carbonyl (C=O) groups excluding carboxylic acids is 1. The van der Waals surface area contributed by atoms with Gasteiger partial charge in [0, 0.05) is 13.1 Å². The Labute approximate surface area is 149 Å². The number of piperidine rings is 1. The molecule has 0 saturated carbocycles. The van der Waals surface area contributed by atoms with Crippen LogP contribution in [0.15, 0.2) is 42.6 Å². The van der Waals surface area contributed by atoms with Gasteiger partial charge in [-0.15, -0.1) is 0 Å². The molecule has 0 spiro atoms. The Morgan fingerprint density at radius 3 is 2.38 bits per heavy atom. The van der Waals surface area contributed by atoms with Crippen LogP contribution in [-0.2, 0) is 21.5 Å². The van der Waals surface area contributed by atoms with E-state index >= 15 is 0 Å². The molecule has 1 fully saturated rings. The molecule has 0 unspecified atom stereocenters. The van der Waals surface area contributed by atoms with Gasteiger partial charge in [0.05, 0.1) is 22.8 Å². The first-order valence-corrected chi connectivity index (χ1v) is 8.17. The van der Waals surface area contributed by atoms with Crippen LogP contribution in [0.25, 0.3) is 0 Å². The molecule has 2 heterocycles. The van der Waals surface area contributed by atoms with Crippen molar-refractivity contribution in [2.24, 2.45) is 0 Å². The maximum Gasteiger partial charge on any atom is 0.389 e. The summed E-state index contributed by atoms with van der Waals surface area (Å²) in [5.41, 5.74) is -0.259. The lowest BCUT2D eigenvalue weighted by atomic mass is 9.73. The molecule has 1 aliphatic heterocycles. The van der Waals surface area contributed by atoms with Crippen molar-refractivity contribution in [2.45, 2.75) is 24.8 Å². The Bertz CT molecular complexity index is 825. The van der Waals surface area contributed by atoms with Crippen LogP contribution in [-0.4, -0.2) is 49.7 Å². The van der Waals surface area contributed by atoms with Crippen molar-refractivity contribution >= 4 is 17.7 Å². The van der Waals surface area contributed by atoms with Crippen molar-refractivity contribution in [1.82, 2.24) is 14.7 Å². The number of nitro groups is 1. The highest BCUT2D eigenvalue weighted by Crippen LogP contribution is 2.36. The summed E-state index contributed by atoms with van der Waals surface area (Å²) in [6, 6.07) is 10.3. The van der Waals surface area contributed by atoms with Gasteiger partial charge in [0.15, 0.2) is 0 Å². The van der Waals surface area contributed by atoms with Gasteiger partial charge in [-0.2, -0.15) is 4.68 Å². The highest BCUT2D eigenvalue weighted by atomic mass is 16.6. The zero-order valence-corrected chi connectivity index (χ0v) is 13.9. The quantitative estimate of drug-likeness (QED) is 0.638. The van der Waals surface area contributed by atoms with Crippen molar-refractivity contribution in [3.63, 3.8) is 0 Å². The Morgan fingerprint density at radius 1 is 1.19 bits per heavy atom. The fraction of sp³-hybridized carbons (Fsp3) is 0.353. The van der Waals surface area contributed by atoms with Gasteiger partial charge in [-0.05, 0) is 23.3 Å². The van der Waals surface area contributed by atoms with Crippen molar-refractivity contribution < 1.29 is 19.6 Å². The largest absolute Gasteiger partial charge is 0.481 e. The van der Waals surface area contributed by atoms with Crippen LogP contribution in [0.3, 0.4) is 0 Å². The Morgan fingerprint density at radius 2 is 1.85 bits per heavy atom. The second-order valence-corrected chi connectivity index (χ2v) is 6.26. The standard InChI is InChI=1S/C17H18N4O5/c22-15(12-20-9-6-14(18-20)21(25)26)19-10-7-17(8-11-19,16(23)24)13-4-2-1-3-5-13/h1-6,9H,7-8,10-12H2,(H,23,24). The van der Waals surface area contributed by atoms with E-state index in [4.69, 9.17) is 0 Å². The lowest BCUT2D eigenvalue weighted by molar-refractivity contribution is -0.389. The molecule has 9 heteroatoms. The zero-order chi connectivity index (χ0) is 18.7. The third kappa shape index (κ3) is 3.28. The van der Waals surface area contributed by atoms with E-state index in [1.54, 1.807) is 17.0 Å². The topological polar surface area (TPSA) is 119 Å². The summed E-state index contributed by atoms with van der Waals surface area (Å²) in [6.07, 6.45) is 2.01. The van der Waals surface area contributed by atoms with Crippen LogP contribution in [0, 0.1) is 10.1 Å². The fourth-order valence-electron chi connectivity index (χ4n) is 3.30. The molecule has 1 saturated heterocycles. The number of nitrogens with zero attached hydrogens (tertiary/aromatic N) is 4. The number of carboxylic acid groups (broad SMARTS) is 1. The van der Waals surface area contributed by atoms with Gasteiger partial charge in [0.1, 0.15) is 6.54 Å². The van der Waals surface area contributed by atoms with Gasteiger partial charge in [-0.1, -0.05) is 30.3 Å². The summed E-state index contributed by atoms with van der Waals surface area (Å²) in [6.45, 7) is 0.506. The minimum atomic E-state index is -0.997. The van der Waals surface area contributed by atoms with Crippen molar-refractivity contribution in [3.8, 4) is 0 Å². The van der Waals surface area contributed by atoms with E-state index in [0.29, 0.717) is 25.9 Å². The van der Waals surface area contributed by atoms with E-state index in [0.717, 1.165) is 5.56 Å². The molecule has 1 aliphatic rings. The number of benzene rings is 1. The summed E-state index contributed by atoms with van der Waals surface area (Å²) in [5, 5.41) is 24.2. The second kappa shape index (κ2) is 6.95. The minimum Gasteiger partial charge on any atom is -0.481 e. The summed E-state index contributed by atoms with van der Waals surface area (Å²) in [4.78, 5) is 36.0. The van der Waals surface area contributed by atoms with Gasteiger partial charge in [0.2, 0.25) is 5.91 Å². The Kier molecular flexibility index (Phi) is 4.70. The molecule has 0 atom stereocenters. The number of carbonyl (C=O) groups is 2. The van der Waals surface area contributed by atoms with Crippen LogP contribution in [0.4, 0.5) is 5.82 Å². The number of rotatable bonds is 5. The van der Waals surface area contributed by atoms with Crippen LogP contribution < -0.4 is 0 Å². The molecule has 3 rings (SSSR count). The van der Waals surface area contributed by atoms with Crippen LogP contribution >= 0.6 is 0 Å². The molecular formula is C17H18N4O5. The maximum atomic E-state index is 12.4. The van der Waals surface area contributed by atoms with Gasteiger partial charge in [0.25, 0.3) is 0 Å². The number of amides is 1. The Balaban J connectivity index is 1.67. The molecule has 0 aliphatic carbocycles. The van der Waals surface area contributed by atoms with Crippen LogP contribution in [0.2, 0.25) is 0 Å². The molecule has 1 aromatic heterocycles. The van der Waals surface area contributed by atoms with E-state index in [1.807, 2.05) is 18.2 Å². The van der Waals surface area contributed by atoms with E-state index in [1.165, 1.54) is 16.9 Å². The first-order valence-electron chi connectivity index (χ1n) is 8.17. The van der Waals surface area contributed by atoms with Crippen molar-refractivity contribution in [1.29, 1.82) is 0 Å². The highest BCUT2D eigenvalue weighted by molar-refractivity contribution is 5.82. The predicted octanol–water partition coefficient (Wildman–Crippen LogP) is 1.44. The third-order valence-electron chi connectivity index (χ3n) is 4.82. The molecule has 26 heavy (non-hydrogen) atoms. The van der Waals surface area contributed by atoms with Crippen LogP contribution in [0.5, 0.6) is 0 Å². The molecule has 1 amide bonds. The maximum absolute atomic E-state index is 12.4. The van der Waals surface area contributed by atoms with Gasteiger partial charge >= 0.3 is 11.8 Å². The van der Waals surface area contributed by atoms with Gasteiger partial charge in [-0.3, -0.25) is 9.59 Å². The first-order chi connectivity index (χ1) is 12.4. The van der Waals surface area contributed by atoms with E-state index in [2.05, 4.69) is 5.10 Å². The molecule has 2 aromatic rings. The first kappa shape index (κ1) is 17.6. The minimum absolute atomic E-state index is 0.112. The summed E-state index contributed by atoms with van der Waals surface area (Å²) in [5.74, 6) is -1.45. The zero-order valence-electron chi connectivity index (χ0n) is 13.9. The van der Waals surface area contributed by atoms with E-state index in [9.17, 15) is 24.8 Å². The van der Waals surface area contributed by atoms with Crippen molar-refractivity contribution in [2.75, 3.05) is 13.1 Å². The lowest BCUT2D eigenvalue weighted by Crippen LogP contribution is -2.49. The second-order valence-electron chi connectivity index (χ2n) is 6.26. The van der Waals surface area contributed by atoms with E-state index in [-0.39, 0.29) is 18.3 Å². The number of aliphatic carboxylic acids is 1. The average Bonchev–Trinajstić information content (AvgIpc) is 3.11. The molecule has 9 nitrogen and oxygen atoms in total. The summed E-state index contributed by atoms with van der Waals surface area (Å²) < 4.78 is 1.22.